The Hall–Kier alpha value is -1.86. The number of amides is 1. The van der Waals surface area contributed by atoms with E-state index in [4.69, 9.17) is 4.74 Å². The number of carbonyl (C=O) groups is 2. The van der Waals surface area contributed by atoms with E-state index in [1.54, 1.807) is 25.2 Å². The van der Waals surface area contributed by atoms with E-state index in [1.165, 1.54) is 11.8 Å². The maximum atomic E-state index is 12.8. The topological polar surface area (TPSA) is 68.3 Å². The standard InChI is InChI=1S/C18H24N2O3S2/c1-7-11-12(8-2)18(5,9-3)20-15(21)13-14(16(22)23-10-4)25-17(19-13)24-6/h7-8,11H,1-2,9-10H2,3-6H3,(H,20,21)/b12-11+. The molecule has 1 unspecified atom stereocenters. The number of nitrogens with one attached hydrogen (secondary N) is 1. The molecule has 1 N–H and O–H groups in total. The number of ether oxygens (including phenoxy) is 1. The molecule has 0 saturated heterocycles. The van der Waals surface area contributed by atoms with E-state index in [2.05, 4.69) is 23.5 Å². The van der Waals surface area contributed by atoms with Gasteiger partial charge in [-0.2, -0.15) is 0 Å². The van der Waals surface area contributed by atoms with Gasteiger partial charge in [0.25, 0.3) is 5.91 Å². The van der Waals surface area contributed by atoms with Crippen molar-refractivity contribution >= 4 is 35.0 Å². The molecule has 1 rings (SSSR count). The first kappa shape index (κ1) is 21.2. The van der Waals surface area contributed by atoms with Gasteiger partial charge < -0.3 is 10.1 Å². The number of carbonyl (C=O) groups excluding carboxylic acids is 2. The minimum absolute atomic E-state index is 0.0921. The Morgan fingerprint density at radius 1 is 1.40 bits per heavy atom. The smallest absolute Gasteiger partial charge is 0.350 e. The van der Waals surface area contributed by atoms with Crippen LogP contribution < -0.4 is 5.32 Å². The summed E-state index contributed by atoms with van der Waals surface area (Å²) >= 11 is 2.54. The highest BCUT2D eigenvalue weighted by Gasteiger charge is 2.31. The fourth-order valence-corrected chi connectivity index (χ4v) is 3.61. The van der Waals surface area contributed by atoms with Crippen molar-refractivity contribution in [3.05, 3.63) is 47.5 Å². The van der Waals surface area contributed by atoms with Crippen LogP contribution in [0.25, 0.3) is 0 Å². The largest absolute Gasteiger partial charge is 0.462 e. The number of rotatable bonds is 9. The summed E-state index contributed by atoms with van der Waals surface area (Å²) in [6, 6.07) is 0. The van der Waals surface area contributed by atoms with Gasteiger partial charge in [0.05, 0.1) is 12.1 Å². The summed E-state index contributed by atoms with van der Waals surface area (Å²) in [5.41, 5.74) is 0.271. The van der Waals surface area contributed by atoms with Crippen LogP contribution in [0.4, 0.5) is 0 Å². The van der Waals surface area contributed by atoms with Gasteiger partial charge in [0, 0.05) is 0 Å². The summed E-state index contributed by atoms with van der Waals surface area (Å²) in [6.07, 6.45) is 7.62. The Morgan fingerprint density at radius 2 is 2.08 bits per heavy atom. The minimum Gasteiger partial charge on any atom is -0.462 e. The first-order chi connectivity index (χ1) is 11.9. The van der Waals surface area contributed by atoms with Gasteiger partial charge in [0.15, 0.2) is 10.0 Å². The van der Waals surface area contributed by atoms with E-state index in [9.17, 15) is 9.59 Å². The minimum atomic E-state index is -0.651. The van der Waals surface area contributed by atoms with Crippen molar-refractivity contribution in [2.45, 2.75) is 37.1 Å². The number of hydrogen-bond acceptors (Lipinski definition) is 6. The summed E-state index contributed by atoms with van der Waals surface area (Å²) in [7, 11) is 0. The normalized spacial score (nSPS) is 13.7. The van der Waals surface area contributed by atoms with Crippen molar-refractivity contribution in [3.63, 3.8) is 0 Å². The van der Waals surface area contributed by atoms with Crippen molar-refractivity contribution in [1.29, 1.82) is 0 Å². The van der Waals surface area contributed by atoms with Gasteiger partial charge in [-0.15, -0.1) is 0 Å². The summed E-state index contributed by atoms with van der Waals surface area (Å²) in [6.45, 7) is 13.3. The number of nitrogens with zero attached hydrogens (tertiary/aromatic N) is 1. The second kappa shape index (κ2) is 9.58. The average Bonchev–Trinajstić information content (AvgIpc) is 3.04. The molecule has 0 saturated carbocycles. The zero-order valence-corrected chi connectivity index (χ0v) is 16.7. The fourth-order valence-electron chi connectivity index (χ4n) is 2.16. The van der Waals surface area contributed by atoms with Crippen LogP contribution in [0, 0.1) is 0 Å². The predicted molar refractivity (Wildman–Crippen MR) is 104 cm³/mol. The zero-order valence-electron chi connectivity index (χ0n) is 15.0. The van der Waals surface area contributed by atoms with Crippen LogP contribution in [-0.2, 0) is 4.74 Å². The van der Waals surface area contributed by atoms with Crippen LogP contribution in [0.3, 0.4) is 0 Å². The van der Waals surface area contributed by atoms with Crippen LogP contribution in [0.2, 0.25) is 0 Å². The van der Waals surface area contributed by atoms with E-state index < -0.39 is 17.4 Å². The molecule has 7 heteroatoms. The molecule has 0 aliphatic rings. The molecular formula is C18H24N2O3S2. The van der Waals surface area contributed by atoms with Gasteiger partial charge in [-0.25, -0.2) is 9.78 Å². The Bertz CT molecular complexity index is 694. The second-order valence-electron chi connectivity index (χ2n) is 5.28. The lowest BCUT2D eigenvalue weighted by Crippen LogP contribution is -2.47. The van der Waals surface area contributed by atoms with Crippen LogP contribution in [0.15, 0.2) is 41.3 Å². The average molecular weight is 381 g/mol. The summed E-state index contributed by atoms with van der Waals surface area (Å²) in [5.74, 6) is -0.949. The van der Waals surface area contributed by atoms with E-state index in [0.29, 0.717) is 10.8 Å². The van der Waals surface area contributed by atoms with Crippen molar-refractivity contribution in [1.82, 2.24) is 10.3 Å². The van der Waals surface area contributed by atoms with Crippen molar-refractivity contribution in [3.8, 4) is 0 Å². The Morgan fingerprint density at radius 3 is 2.56 bits per heavy atom. The van der Waals surface area contributed by atoms with Gasteiger partial charge in [-0.3, -0.25) is 4.79 Å². The quantitative estimate of drug-likeness (QED) is 0.394. The lowest BCUT2D eigenvalue weighted by Gasteiger charge is -2.31. The molecule has 0 fully saturated rings. The van der Waals surface area contributed by atoms with Crippen molar-refractivity contribution in [2.75, 3.05) is 12.9 Å². The number of thiazole rings is 1. The van der Waals surface area contributed by atoms with E-state index >= 15 is 0 Å². The molecule has 1 heterocycles. The van der Waals surface area contributed by atoms with Crippen LogP contribution >= 0.6 is 23.1 Å². The lowest BCUT2D eigenvalue weighted by atomic mass is 9.88. The molecule has 0 bridgehead atoms. The SMILES string of the molecule is C=C/C=C(\C=C)C(C)(CC)NC(=O)c1nc(SC)sc1C(=O)OCC. The molecule has 1 aromatic rings. The third-order valence-corrected chi connectivity index (χ3v) is 5.73. The highest BCUT2D eigenvalue weighted by atomic mass is 32.2. The van der Waals surface area contributed by atoms with Crippen LogP contribution in [-0.4, -0.2) is 35.3 Å². The number of esters is 1. The zero-order chi connectivity index (χ0) is 19.0. The molecule has 0 spiro atoms. The Kier molecular flexibility index (Phi) is 8.12. The molecule has 1 amide bonds. The third kappa shape index (κ3) is 5.06. The first-order valence-electron chi connectivity index (χ1n) is 7.86. The highest BCUT2D eigenvalue weighted by molar-refractivity contribution is 8.00. The Balaban J connectivity index is 3.24. The monoisotopic (exact) mass is 380 g/mol. The van der Waals surface area contributed by atoms with Crippen molar-refractivity contribution in [2.24, 2.45) is 0 Å². The summed E-state index contributed by atoms with van der Waals surface area (Å²) < 4.78 is 5.68. The summed E-state index contributed by atoms with van der Waals surface area (Å²) in [5, 5.41) is 2.97. The fraction of sp³-hybridized carbons (Fsp3) is 0.389. The van der Waals surface area contributed by atoms with Crippen molar-refractivity contribution < 1.29 is 14.3 Å². The molecule has 25 heavy (non-hydrogen) atoms. The summed E-state index contributed by atoms with van der Waals surface area (Å²) in [4.78, 5) is 29.5. The maximum absolute atomic E-state index is 12.8. The van der Waals surface area contributed by atoms with Gasteiger partial charge in [-0.1, -0.05) is 61.4 Å². The number of aromatic nitrogens is 1. The lowest BCUT2D eigenvalue weighted by molar-refractivity contribution is 0.0527. The van der Waals surface area contributed by atoms with E-state index in [-0.39, 0.29) is 17.2 Å². The maximum Gasteiger partial charge on any atom is 0.350 e. The second-order valence-corrected chi connectivity index (χ2v) is 7.34. The van der Waals surface area contributed by atoms with Crippen LogP contribution in [0.5, 0.6) is 0 Å². The Labute approximate surface area is 157 Å². The highest BCUT2D eigenvalue weighted by Crippen LogP contribution is 2.28. The number of hydrogen-bond donors (Lipinski definition) is 1. The molecule has 0 aliphatic heterocycles. The van der Waals surface area contributed by atoms with Gasteiger partial charge in [0.2, 0.25) is 0 Å². The molecule has 0 aromatic carbocycles. The molecule has 5 nitrogen and oxygen atoms in total. The van der Waals surface area contributed by atoms with Crippen LogP contribution in [0.1, 0.15) is 47.4 Å². The molecule has 1 aromatic heterocycles. The molecule has 0 radical (unpaired) electrons. The first-order valence-corrected chi connectivity index (χ1v) is 9.91. The number of allylic oxidation sites excluding steroid dienone is 2. The van der Waals surface area contributed by atoms with Gasteiger partial charge >= 0.3 is 5.97 Å². The van der Waals surface area contributed by atoms with E-state index in [1.807, 2.05) is 20.1 Å². The predicted octanol–water partition coefficient (Wildman–Crippen LogP) is 4.24. The van der Waals surface area contributed by atoms with Gasteiger partial charge in [-0.05, 0) is 32.1 Å². The number of thioether (sulfide) groups is 1. The van der Waals surface area contributed by atoms with Gasteiger partial charge in [0.1, 0.15) is 4.88 Å². The van der Waals surface area contributed by atoms with E-state index in [0.717, 1.165) is 16.9 Å². The molecular weight excluding hydrogens is 356 g/mol. The molecule has 1 atom stereocenters. The molecule has 0 aliphatic carbocycles. The third-order valence-electron chi connectivity index (χ3n) is 3.71. The molecule has 136 valence electrons.